The zero-order chi connectivity index (χ0) is 22.0. The lowest BCUT2D eigenvalue weighted by atomic mass is 9.95. The Morgan fingerprint density at radius 2 is 2.16 bits per heavy atom. The first kappa shape index (κ1) is 21.2. The number of hydrogen-bond donors (Lipinski definition) is 1. The number of hydrazone groups is 1. The number of halogens is 1. The van der Waals surface area contributed by atoms with E-state index in [4.69, 9.17) is 10.6 Å². The molecule has 1 fully saturated rings. The topological polar surface area (TPSA) is 80.3 Å². The zero-order valence-corrected chi connectivity index (χ0v) is 17.9. The average Bonchev–Trinajstić information content (AvgIpc) is 3.37. The van der Waals surface area contributed by atoms with E-state index in [9.17, 15) is 9.18 Å². The lowest BCUT2D eigenvalue weighted by Gasteiger charge is -2.19. The molecule has 7 heteroatoms. The van der Waals surface area contributed by atoms with Crippen molar-refractivity contribution >= 4 is 17.8 Å². The van der Waals surface area contributed by atoms with Crippen LogP contribution < -0.4 is 5.84 Å². The van der Waals surface area contributed by atoms with E-state index in [1.54, 1.807) is 19.2 Å². The van der Waals surface area contributed by atoms with Gasteiger partial charge >= 0.3 is 0 Å². The Balaban J connectivity index is 1.54. The molecule has 6 nitrogen and oxygen atoms in total. The maximum Gasteiger partial charge on any atom is 0.254 e. The quantitative estimate of drug-likeness (QED) is 0.441. The summed E-state index contributed by atoms with van der Waals surface area (Å²) in [6.45, 7) is 4.02. The lowest BCUT2D eigenvalue weighted by Crippen LogP contribution is -2.32. The summed E-state index contributed by atoms with van der Waals surface area (Å²) in [6, 6.07) is 8.91. The molecule has 1 amide bonds. The van der Waals surface area contributed by atoms with Crippen LogP contribution in [0.2, 0.25) is 0 Å². The van der Waals surface area contributed by atoms with Gasteiger partial charge in [0, 0.05) is 50.5 Å². The molecular weight excluding hydrogens is 395 g/mol. The molecule has 1 atom stereocenters. The van der Waals surface area contributed by atoms with Gasteiger partial charge in [-0.2, -0.15) is 5.10 Å². The van der Waals surface area contributed by atoms with Crippen LogP contribution in [0.4, 0.5) is 4.39 Å². The zero-order valence-electron chi connectivity index (χ0n) is 17.9. The van der Waals surface area contributed by atoms with E-state index in [2.05, 4.69) is 16.2 Å². The van der Waals surface area contributed by atoms with Crippen LogP contribution in [0.5, 0.6) is 0 Å². The molecule has 2 aliphatic heterocycles. The van der Waals surface area contributed by atoms with Gasteiger partial charge in [0.25, 0.3) is 5.91 Å². The highest BCUT2D eigenvalue weighted by Gasteiger charge is 2.31. The Morgan fingerprint density at radius 3 is 2.84 bits per heavy atom. The summed E-state index contributed by atoms with van der Waals surface area (Å²) in [7, 11) is 1.61. The molecule has 1 saturated heterocycles. The van der Waals surface area contributed by atoms with Gasteiger partial charge in [0.1, 0.15) is 11.5 Å². The molecule has 2 N–H and O–H groups in total. The molecule has 0 radical (unpaired) electrons. The van der Waals surface area contributed by atoms with Crippen molar-refractivity contribution in [1.29, 1.82) is 0 Å². The molecule has 0 spiro atoms. The molecule has 2 aromatic carbocycles. The minimum Gasteiger partial charge on any atom is -0.376 e. The van der Waals surface area contributed by atoms with E-state index in [-0.39, 0.29) is 17.8 Å². The van der Waals surface area contributed by atoms with Gasteiger partial charge in [0.05, 0.1) is 6.10 Å². The highest BCUT2D eigenvalue weighted by molar-refractivity contribution is 6.38. The van der Waals surface area contributed by atoms with E-state index < -0.39 is 0 Å². The summed E-state index contributed by atoms with van der Waals surface area (Å²) in [5.41, 5.74) is 5.28. The normalized spacial score (nSPS) is 18.9. The number of rotatable bonds is 6. The molecule has 31 heavy (non-hydrogen) atoms. The monoisotopic (exact) mass is 422 g/mol. The van der Waals surface area contributed by atoms with Crippen LogP contribution >= 0.6 is 0 Å². The number of nitrogens with zero attached hydrogens (tertiary/aromatic N) is 3. The molecule has 0 aliphatic carbocycles. The third kappa shape index (κ3) is 4.37. The lowest BCUT2D eigenvalue weighted by molar-refractivity contribution is 0.0545. The van der Waals surface area contributed by atoms with Gasteiger partial charge in [-0.3, -0.25) is 9.79 Å². The van der Waals surface area contributed by atoms with E-state index in [0.29, 0.717) is 41.9 Å². The number of fused-ring (bicyclic) bond motifs is 1. The van der Waals surface area contributed by atoms with Gasteiger partial charge in [-0.1, -0.05) is 18.2 Å². The van der Waals surface area contributed by atoms with Gasteiger partial charge in [0.2, 0.25) is 0 Å². The smallest absolute Gasteiger partial charge is 0.254 e. The molecule has 162 valence electrons. The number of hydrogen-bond acceptors (Lipinski definition) is 5. The predicted molar refractivity (Wildman–Crippen MR) is 119 cm³/mol. The first-order valence-corrected chi connectivity index (χ1v) is 10.5. The standard InChI is InChI=1S/C24H27FN4O2/c1-15-8-19-13-29(14-20-4-3-7-31-20)24(30)21(19)10-18(15)9-16-5-6-17(11-22(16)25)23(28-26)12-27-2/h5-6,8,10-12,20H,3-4,7,9,13-14,26H2,1-2H3. The van der Waals surface area contributed by atoms with Crippen LogP contribution in [0.15, 0.2) is 40.4 Å². The third-order valence-corrected chi connectivity index (χ3v) is 6.01. The maximum absolute atomic E-state index is 14.8. The third-order valence-electron chi connectivity index (χ3n) is 6.01. The SMILES string of the molecule is CN=CC(=NN)c1ccc(Cc2cc3c(cc2C)CN(CC2CCCO2)C3=O)c(F)c1. The molecule has 2 heterocycles. The van der Waals surface area contributed by atoms with Crippen molar-refractivity contribution in [2.75, 3.05) is 20.2 Å². The van der Waals surface area contributed by atoms with Crippen molar-refractivity contribution in [2.24, 2.45) is 15.9 Å². The second-order valence-electron chi connectivity index (χ2n) is 8.14. The first-order chi connectivity index (χ1) is 15.0. The predicted octanol–water partition coefficient (Wildman–Crippen LogP) is 3.22. The van der Waals surface area contributed by atoms with Crippen molar-refractivity contribution in [2.45, 2.75) is 38.8 Å². The second-order valence-corrected chi connectivity index (χ2v) is 8.14. The number of nitrogens with two attached hydrogens (primary N) is 1. The molecule has 0 saturated carbocycles. The Morgan fingerprint density at radius 1 is 1.32 bits per heavy atom. The number of amides is 1. The molecule has 2 aliphatic rings. The van der Waals surface area contributed by atoms with Crippen molar-refractivity contribution in [3.05, 3.63) is 69.5 Å². The molecule has 1 unspecified atom stereocenters. The van der Waals surface area contributed by atoms with Crippen LogP contribution in [0, 0.1) is 12.7 Å². The van der Waals surface area contributed by atoms with Crippen LogP contribution in [0.25, 0.3) is 0 Å². The fourth-order valence-electron chi connectivity index (χ4n) is 4.32. The Labute approximate surface area is 181 Å². The number of aliphatic imine (C=N–C) groups is 1. The average molecular weight is 423 g/mol. The minimum absolute atomic E-state index is 0.0326. The van der Waals surface area contributed by atoms with Gasteiger partial charge in [-0.25, -0.2) is 4.39 Å². The van der Waals surface area contributed by atoms with Crippen LogP contribution in [-0.4, -0.2) is 49.0 Å². The fraction of sp³-hybridized carbons (Fsp3) is 0.375. The minimum atomic E-state index is -0.339. The fourth-order valence-corrected chi connectivity index (χ4v) is 4.32. The van der Waals surface area contributed by atoms with Crippen LogP contribution in [0.1, 0.15) is 51.0 Å². The van der Waals surface area contributed by atoms with Crippen molar-refractivity contribution in [1.82, 2.24) is 4.90 Å². The van der Waals surface area contributed by atoms with E-state index in [1.807, 2.05) is 17.9 Å². The number of benzene rings is 2. The summed E-state index contributed by atoms with van der Waals surface area (Å²) in [4.78, 5) is 18.7. The molecule has 4 rings (SSSR count). The maximum atomic E-state index is 14.8. The van der Waals surface area contributed by atoms with Crippen molar-refractivity contribution < 1.29 is 13.9 Å². The second kappa shape index (κ2) is 8.98. The Bertz CT molecular complexity index is 1060. The summed E-state index contributed by atoms with van der Waals surface area (Å²) >= 11 is 0. The van der Waals surface area contributed by atoms with Crippen molar-refractivity contribution in [3.8, 4) is 0 Å². The van der Waals surface area contributed by atoms with Gasteiger partial charge < -0.3 is 15.5 Å². The summed E-state index contributed by atoms with van der Waals surface area (Å²) in [6.07, 6.45) is 4.08. The molecular formula is C24H27FN4O2. The number of aryl methyl sites for hydroxylation is 1. The highest BCUT2D eigenvalue weighted by atomic mass is 19.1. The van der Waals surface area contributed by atoms with Crippen LogP contribution in [-0.2, 0) is 17.7 Å². The molecule has 0 aromatic heterocycles. The molecule has 0 bridgehead atoms. The Kier molecular flexibility index (Phi) is 6.13. The van der Waals surface area contributed by atoms with Gasteiger partial charge in [-0.05, 0) is 54.2 Å². The van der Waals surface area contributed by atoms with E-state index in [1.165, 1.54) is 12.3 Å². The molecule has 2 aromatic rings. The Hall–Kier alpha value is -3.06. The van der Waals surface area contributed by atoms with Gasteiger partial charge in [-0.15, -0.1) is 0 Å². The van der Waals surface area contributed by atoms with Gasteiger partial charge in [0.15, 0.2) is 0 Å². The number of ether oxygens (including phenoxy) is 1. The summed E-state index contributed by atoms with van der Waals surface area (Å²) in [5.74, 6) is 5.07. The first-order valence-electron chi connectivity index (χ1n) is 10.5. The summed E-state index contributed by atoms with van der Waals surface area (Å²) in [5, 5.41) is 3.66. The largest absolute Gasteiger partial charge is 0.376 e. The number of carbonyl (C=O) groups excluding carboxylic acids is 1. The van der Waals surface area contributed by atoms with Crippen LogP contribution in [0.3, 0.4) is 0 Å². The van der Waals surface area contributed by atoms with Crippen molar-refractivity contribution in [3.63, 3.8) is 0 Å². The summed E-state index contributed by atoms with van der Waals surface area (Å²) < 4.78 is 20.5. The number of carbonyl (C=O) groups is 1. The van der Waals surface area contributed by atoms with E-state index >= 15 is 0 Å². The highest BCUT2D eigenvalue weighted by Crippen LogP contribution is 2.29. The van der Waals surface area contributed by atoms with E-state index in [0.717, 1.165) is 36.1 Å².